The molecule has 0 N–H and O–H groups in total. The number of carbonyl (C=O) groups excluding carboxylic acids is 5. The van der Waals surface area contributed by atoms with Crippen molar-refractivity contribution in [3.05, 3.63) is 173 Å². The molecule has 11 heteroatoms. The third-order valence-corrected chi connectivity index (χ3v) is 8.02. The number of halogens is 1. The average Bonchev–Trinajstić information content (AvgIpc) is 3.24. The van der Waals surface area contributed by atoms with Crippen molar-refractivity contribution in [2.24, 2.45) is 0 Å². The zero-order valence-electron chi connectivity index (χ0n) is 31.1. The molecule has 0 unspecified atom stereocenters. The lowest BCUT2D eigenvalue weighted by atomic mass is 10.1. The number of hydrogen-bond donors (Lipinski definition) is 0. The Kier molecular flexibility index (Phi) is 14.8. The Balaban J connectivity index is 1.11. The first kappa shape index (κ1) is 41.4. The van der Waals surface area contributed by atoms with E-state index in [-0.39, 0.29) is 37.7 Å². The average molecular weight is 779 g/mol. The van der Waals surface area contributed by atoms with Gasteiger partial charge in [-0.05, 0) is 102 Å². The summed E-state index contributed by atoms with van der Waals surface area (Å²) >= 11 is 0. The van der Waals surface area contributed by atoms with Crippen molar-refractivity contribution in [3.63, 3.8) is 0 Å². The monoisotopic (exact) mass is 778 g/mol. The third kappa shape index (κ3) is 12.4. The Morgan fingerprint density at radius 1 is 0.500 bits per heavy atom. The molecule has 0 saturated heterocycles. The molecular formula is C47H35FO10. The second-order valence-electron chi connectivity index (χ2n) is 12.2. The van der Waals surface area contributed by atoms with Gasteiger partial charge in [-0.15, -0.1) is 0 Å². The highest BCUT2D eigenvalue weighted by Crippen LogP contribution is 2.24. The Bertz CT molecular complexity index is 2480. The highest BCUT2D eigenvalue weighted by atomic mass is 19.1. The van der Waals surface area contributed by atoms with Crippen LogP contribution in [0.5, 0.6) is 5.75 Å². The first-order chi connectivity index (χ1) is 28.1. The fourth-order valence-electron chi connectivity index (χ4n) is 5.03. The van der Waals surface area contributed by atoms with Gasteiger partial charge in [-0.25, -0.2) is 28.4 Å². The summed E-state index contributed by atoms with van der Waals surface area (Å²) in [7, 11) is 0. The van der Waals surface area contributed by atoms with Gasteiger partial charge in [0.1, 0.15) is 11.6 Å². The maximum absolute atomic E-state index is 15.0. The summed E-state index contributed by atoms with van der Waals surface area (Å²) in [6, 6.07) is 27.5. The van der Waals surface area contributed by atoms with Crippen LogP contribution in [0.2, 0.25) is 0 Å². The predicted molar refractivity (Wildman–Crippen MR) is 212 cm³/mol. The van der Waals surface area contributed by atoms with E-state index in [1.165, 1.54) is 12.1 Å². The number of esters is 5. The molecule has 0 saturated carbocycles. The van der Waals surface area contributed by atoms with Gasteiger partial charge in [-0.1, -0.05) is 49.0 Å². The maximum Gasteiger partial charge on any atom is 0.346 e. The minimum atomic E-state index is -0.870. The zero-order chi connectivity index (χ0) is 41.3. The minimum Gasteiger partial charge on any atom is -0.462 e. The number of fused-ring (bicyclic) bond motifs is 1. The van der Waals surface area contributed by atoms with Crippen molar-refractivity contribution in [1.29, 1.82) is 0 Å². The number of hydrogen-bond acceptors (Lipinski definition) is 10. The molecule has 10 nitrogen and oxygen atoms in total. The molecule has 0 aliphatic carbocycles. The van der Waals surface area contributed by atoms with Gasteiger partial charge in [-0.3, -0.25) is 0 Å². The highest BCUT2D eigenvalue weighted by Gasteiger charge is 2.15. The number of benzene rings is 5. The fraction of sp³-hybridized carbons (Fsp3) is 0.128. The van der Waals surface area contributed by atoms with Gasteiger partial charge in [0, 0.05) is 47.2 Å². The van der Waals surface area contributed by atoms with Gasteiger partial charge in [0.25, 0.3) is 0 Å². The van der Waals surface area contributed by atoms with Crippen LogP contribution in [0.15, 0.2) is 128 Å². The molecule has 0 fully saturated rings. The van der Waals surface area contributed by atoms with Crippen LogP contribution in [0.3, 0.4) is 0 Å². The normalized spacial score (nSPS) is 10.1. The summed E-state index contributed by atoms with van der Waals surface area (Å²) in [5, 5.41) is 1.62. The van der Waals surface area contributed by atoms with Crippen molar-refractivity contribution in [2.75, 3.05) is 26.4 Å². The van der Waals surface area contributed by atoms with E-state index in [0.717, 1.165) is 34.6 Å². The van der Waals surface area contributed by atoms with E-state index in [1.54, 1.807) is 66.7 Å². The van der Waals surface area contributed by atoms with Crippen LogP contribution < -0.4 is 4.74 Å². The Morgan fingerprint density at radius 2 is 0.931 bits per heavy atom. The maximum atomic E-state index is 15.0. The third-order valence-electron chi connectivity index (χ3n) is 8.02. The number of rotatable bonds is 14. The molecule has 290 valence electrons. The minimum absolute atomic E-state index is 0.0754. The van der Waals surface area contributed by atoms with E-state index in [2.05, 4.69) is 36.8 Å². The second kappa shape index (κ2) is 20.8. The van der Waals surface area contributed by atoms with Gasteiger partial charge < -0.3 is 23.7 Å². The van der Waals surface area contributed by atoms with Gasteiger partial charge in [0.2, 0.25) is 0 Å². The molecule has 0 aliphatic rings. The summed E-state index contributed by atoms with van der Waals surface area (Å²) in [6.45, 7) is 7.02. The van der Waals surface area contributed by atoms with E-state index in [1.807, 2.05) is 18.2 Å². The van der Waals surface area contributed by atoms with Crippen LogP contribution in [0, 0.1) is 29.5 Å². The first-order valence-electron chi connectivity index (χ1n) is 17.8. The molecular weight excluding hydrogens is 744 g/mol. The van der Waals surface area contributed by atoms with Crippen molar-refractivity contribution < 1.29 is 52.0 Å². The smallest absolute Gasteiger partial charge is 0.346 e. The molecule has 0 amide bonds. The lowest BCUT2D eigenvalue weighted by molar-refractivity contribution is -0.138. The highest BCUT2D eigenvalue weighted by molar-refractivity contribution is 5.93. The van der Waals surface area contributed by atoms with Gasteiger partial charge in [-0.2, -0.15) is 0 Å². The lowest BCUT2D eigenvalue weighted by Gasteiger charge is -2.07. The Labute approximate surface area is 333 Å². The molecule has 0 heterocycles. The standard InChI is InChI=1S/C47H35FO10/c1-3-43(49)54-25-5-27-56-45(51)36-17-11-32(12-18-36)7-9-34-15-21-39-31-40(23-22-38(39)29-34)58-47(53)41-24-16-35(30-42(41)48)10-8-33-13-19-37(20-14-33)46(52)57-28-6-26-55-44(50)4-2/h3-4,11-24,29-31H,1-2,5-6,25-28H2. The quantitative estimate of drug-likeness (QED) is 0.0278. The zero-order valence-corrected chi connectivity index (χ0v) is 31.1. The van der Waals surface area contributed by atoms with Crippen LogP contribution in [0.1, 0.15) is 66.2 Å². The molecule has 0 bridgehead atoms. The second-order valence-corrected chi connectivity index (χ2v) is 12.2. The van der Waals surface area contributed by atoms with Crippen molar-refractivity contribution in [2.45, 2.75) is 12.8 Å². The van der Waals surface area contributed by atoms with Crippen LogP contribution in [-0.2, 0) is 28.5 Å². The van der Waals surface area contributed by atoms with E-state index in [9.17, 15) is 24.0 Å². The number of ether oxygens (including phenoxy) is 5. The topological polar surface area (TPSA) is 132 Å². The van der Waals surface area contributed by atoms with E-state index < -0.39 is 35.7 Å². The van der Waals surface area contributed by atoms with Gasteiger partial charge in [0.15, 0.2) is 0 Å². The van der Waals surface area contributed by atoms with E-state index in [4.69, 9.17) is 23.7 Å². The van der Waals surface area contributed by atoms with Gasteiger partial charge >= 0.3 is 29.8 Å². The first-order valence-corrected chi connectivity index (χ1v) is 17.8. The largest absolute Gasteiger partial charge is 0.462 e. The molecule has 5 aromatic rings. The van der Waals surface area contributed by atoms with E-state index >= 15 is 4.39 Å². The summed E-state index contributed by atoms with van der Waals surface area (Å²) in [5.74, 6) is 8.36. The summed E-state index contributed by atoms with van der Waals surface area (Å²) in [5.41, 5.74) is 2.74. The SMILES string of the molecule is C=CC(=O)OCCCOC(=O)c1ccc(C#Cc2ccc(C(=O)Oc3ccc4cc(C#Cc5ccc(C(=O)OCCCOC(=O)C=C)cc5)ccc4c3)c(F)c2)cc1. The van der Waals surface area contributed by atoms with Crippen LogP contribution in [0.25, 0.3) is 10.8 Å². The molecule has 5 aromatic carbocycles. The molecule has 0 aromatic heterocycles. The van der Waals surface area contributed by atoms with Crippen LogP contribution >= 0.6 is 0 Å². The molecule has 0 aliphatic heterocycles. The molecule has 5 rings (SSSR count). The Morgan fingerprint density at radius 3 is 1.45 bits per heavy atom. The number of carbonyl (C=O) groups is 5. The van der Waals surface area contributed by atoms with Crippen LogP contribution in [-0.4, -0.2) is 56.3 Å². The molecule has 0 atom stereocenters. The molecule has 0 spiro atoms. The van der Waals surface area contributed by atoms with Crippen molar-refractivity contribution in [3.8, 4) is 29.4 Å². The Hall–Kier alpha value is -7.76. The summed E-state index contributed by atoms with van der Waals surface area (Å²) in [4.78, 5) is 59.5. The summed E-state index contributed by atoms with van der Waals surface area (Å²) < 4.78 is 40.6. The fourth-order valence-corrected chi connectivity index (χ4v) is 5.03. The molecule has 0 radical (unpaired) electrons. The van der Waals surface area contributed by atoms with Crippen molar-refractivity contribution in [1.82, 2.24) is 0 Å². The predicted octanol–water partition coefficient (Wildman–Crippen LogP) is 7.55. The summed E-state index contributed by atoms with van der Waals surface area (Å²) in [6.07, 6.45) is 2.83. The molecule has 58 heavy (non-hydrogen) atoms. The van der Waals surface area contributed by atoms with Crippen molar-refractivity contribution >= 4 is 40.6 Å². The lowest BCUT2D eigenvalue weighted by Crippen LogP contribution is -2.10. The van der Waals surface area contributed by atoms with E-state index in [0.29, 0.717) is 40.7 Å². The van der Waals surface area contributed by atoms with Gasteiger partial charge in [0.05, 0.1) is 43.1 Å². The van der Waals surface area contributed by atoms with Crippen LogP contribution in [0.4, 0.5) is 4.39 Å².